The van der Waals surface area contributed by atoms with E-state index >= 15 is 0 Å². The second kappa shape index (κ2) is 8.26. The van der Waals surface area contributed by atoms with Crippen LogP contribution in [0, 0.1) is 10.1 Å². The lowest BCUT2D eigenvalue weighted by Crippen LogP contribution is -2.36. The Labute approximate surface area is 173 Å². The first-order chi connectivity index (χ1) is 14.1. The molecule has 0 spiro atoms. The summed E-state index contributed by atoms with van der Waals surface area (Å²) >= 11 is 2.92. The van der Waals surface area contributed by atoms with Crippen molar-refractivity contribution >= 4 is 44.9 Å². The molecule has 2 heterocycles. The summed E-state index contributed by atoms with van der Waals surface area (Å²) in [6.45, 7) is 0.719. The van der Waals surface area contributed by atoms with Gasteiger partial charge in [0, 0.05) is 24.4 Å². The molecule has 0 fully saturated rings. The molecule has 1 aliphatic rings. The minimum Gasteiger partial charge on any atom is -0.485 e. The monoisotopic (exact) mass is 431 g/mol. The second-order valence-corrected chi connectivity index (χ2v) is 8.25. The van der Waals surface area contributed by atoms with E-state index in [1.54, 1.807) is 30.0 Å². The van der Waals surface area contributed by atoms with Crippen molar-refractivity contribution in [2.45, 2.75) is 12.6 Å². The van der Waals surface area contributed by atoms with Crippen molar-refractivity contribution in [3.05, 3.63) is 57.4 Å². The smallest absolute Gasteiger partial charge is 0.292 e. The summed E-state index contributed by atoms with van der Waals surface area (Å²) in [6.07, 6.45) is 1.16. The first-order valence-electron chi connectivity index (χ1n) is 8.80. The van der Waals surface area contributed by atoms with Gasteiger partial charge in [0.15, 0.2) is 16.3 Å². The highest BCUT2D eigenvalue weighted by atomic mass is 32.2. The van der Waals surface area contributed by atoms with Crippen molar-refractivity contribution < 1.29 is 19.2 Å². The van der Waals surface area contributed by atoms with Crippen LogP contribution in [0.3, 0.4) is 0 Å². The van der Waals surface area contributed by atoms with E-state index in [1.807, 2.05) is 23.0 Å². The largest absolute Gasteiger partial charge is 0.485 e. The summed E-state index contributed by atoms with van der Waals surface area (Å²) in [4.78, 5) is 28.2. The van der Waals surface area contributed by atoms with Crippen LogP contribution < -0.4 is 14.3 Å². The quantitative estimate of drug-likeness (QED) is 0.455. The zero-order valence-corrected chi connectivity index (χ0v) is 17.1. The number of nitrogens with zero attached hydrogens (tertiary/aromatic N) is 3. The van der Waals surface area contributed by atoms with E-state index in [0.29, 0.717) is 27.5 Å². The molecule has 0 N–H and O–H groups in total. The summed E-state index contributed by atoms with van der Waals surface area (Å²) < 4.78 is 14.0. The normalized spacial score (nSPS) is 16.2. The molecule has 10 heteroatoms. The number of aryl methyl sites for hydroxylation is 1. The lowest BCUT2D eigenvalue weighted by Gasteiger charge is -2.23. The van der Waals surface area contributed by atoms with Gasteiger partial charge in [0.2, 0.25) is 6.10 Å². The Bertz CT molecular complexity index is 1150. The molecule has 0 radical (unpaired) electrons. The molecule has 150 valence electrons. The lowest BCUT2D eigenvalue weighted by atomic mass is 10.2. The molecule has 8 nitrogen and oxygen atoms in total. The molecule has 1 aromatic heterocycles. The van der Waals surface area contributed by atoms with Crippen LogP contribution in [-0.2, 0) is 11.3 Å². The summed E-state index contributed by atoms with van der Waals surface area (Å²) in [5.41, 5.74) is 0.821. The van der Waals surface area contributed by atoms with Crippen molar-refractivity contribution in [2.75, 3.05) is 18.6 Å². The molecule has 0 bridgehead atoms. The topological polar surface area (TPSA) is 96.0 Å². The van der Waals surface area contributed by atoms with Gasteiger partial charge in [-0.05, 0) is 24.5 Å². The van der Waals surface area contributed by atoms with Gasteiger partial charge >= 0.3 is 0 Å². The standard InChI is InChI=1S/C19H17N3O5S2/c1-28-9-8-21-13-7-6-12(22(24)25)10-17(13)29-19(21)20-18(23)16-11-26-14-4-2-3-5-15(14)27-16/h2-7,10,16H,8-9,11H2,1H3. The number of rotatable bonds is 5. The molecule has 2 aromatic carbocycles. The van der Waals surface area contributed by atoms with E-state index in [2.05, 4.69) is 4.99 Å². The molecule has 0 saturated heterocycles. The summed E-state index contributed by atoms with van der Waals surface area (Å²) in [5.74, 6) is 1.48. The van der Waals surface area contributed by atoms with Gasteiger partial charge in [-0.1, -0.05) is 23.5 Å². The number of aromatic nitrogens is 1. The number of hydrogen-bond donors (Lipinski definition) is 0. The van der Waals surface area contributed by atoms with Gasteiger partial charge in [-0.25, -0.2) is 0 Å². The molecular weight excluding hydrogens is 414 g/mol. The van der Waals surface area contributed by atoms with E-state index in [9.17, 15) is 14.9 Å². The van der Waals surface area contributed by atoms with Gasteiger partial charge < -0.3 is 14.0 Å². The zero-order chi connectivity index (χ0) is 20.4. The number of fused-ring (bicyclic) bond motifs is 2. The first-order valence-corrected chi connectivity index (χ1v) is 11.0. The zero-order valence-electron chi connectivity index (χ0n) is 15.4. The number of para-hydroxylation sites is 2. The number of thioether (sulfide) groups is 1. The minimum absolute atomic E-state index is 0.00858. The number of ether oxygens (including phenoxy) is 2. The third-order valence-electron chi connectivity index (χ3n) is 4.39. The van der Waals surface area contributed by atoms with Crippen LogP contribution in [0.5, 0.6) is 11.5 Å². The Hall–Kier alpha value is -2.85. The molecule has 29 heavy (non-hydrogen) atoms. The number of benzene rings is 2. The van der Waals surface area contributed by atoms with Gasteiger partial charge in [-0.3, -0.25) is 14.9 Å². The Morgan fingerprint density at radius 1 is 1.34 bits per heavy atom. The van der Waals surface area contributed by atoms with E-state index in [4.69, 9.17) is 9.47 Å². The molecule has 4 rings (SSSR count). The van der Waals surface area contributed by atoms with Crippen molar-refractivity contribution in [1.82, 2.24) is 4.57 Å². The SMILES string of the molecule is CSCCn1c(=NC(=O)C2COc3ccccc3O2)sc2cc([N+](=O)[O-])ccc21. The van der Waals surface area contributed by atoms with Crippen LogP contribution >= 0.6 is 23.1 Å². The van der Waals surface area contributed by atoms with Gasteiger partial charge in [-0.2, -0.15) is 16.8 Å². The fourth-order valence-electron chi connectivity index (χ4n) is 2.97. The summed E-state index contributed by atoms with van der Waals surface area (Å²) in [6, 6.07) is 11.8. The highest BCUT2D eigenvalue weighted by Gasteiger charge is 2.27. The molecule has 1 unspecified atom stereocenters. The fraction of sp³-hybridized carbons (Fsp3) is 0.263. The Morgan fingerprint density at radius 3 is 2.90 bits per heavy atom. The number of carbonyl (C=O) groups excluding carboxylic acids is 1. The molecule has 0 saturated carbocycles. The number of hydrogen-bond acceptors (Lipinski definition) is 7. The molecule has 1 atom stereocenters. The molecule has 0 aliphatic carbocycles. The first kappa shape index (κ1) is 19.5. The summed E-state index contributed by atoms with van der Waals surface area (Å²) in [5, 5.41) is 11.1. The van der Waals surface area contributed by atoms with Crippen molar-refractivity contribution in [3.8, 4) is 11.5 Å². The van der Waals surface area contributed by atoms with Crippen LogP contribution in [0.15, 0.2) is 47.5 Å². The molecular formula is C19H17N3O5S2. The Balaban J connectivity index is 1.70. The average molecular weight is 431 g/mol. The van der Waals surface area contributed by atoms with E-state index in [1.165, 1.54) is 23.5 Å². The molecule has 1 amide bonds. The third-order valence-corrected chi connectivity index (χ3v) is 6.02. The van der Waals surface area contributed by atoms with Crippen molar-refractivity contribution in [2.24, 2.45) is 4.99 Å². The number of nitro benzene ring substituents is 1. The van der Waals surface area contributed by atoms with Gasteiger partial charge in [-0.15, -0.1) is 0 Å². The number of amides is 1. The van der Waals surface area contributed by atoms with Crippen molar-refractivity contribution in [1.29, 1.82) is 0 Å². The predicted octanol–water partition coefficient (Wildman–Crippen LogP) is 3.24. The van der Waals surface area contributed by atoms with Crippen molar-refractivity contribution in [3.63, 3.8) is 0 Å². The Kier molecular flexibility index (Phi) is 5.54. The maximum absolute atomic E-state index is 12.8. The number of nitro groups is 1. The van der Waals surface area contributed by atoms with E-state index in [-0.39, 0.29) is 12.3 Å². The van der Waals surface area contributed by atoms with Crippen LogP contribution in [-0.4, -0.2) is 40.1 Å². The minimum atomic E-state index is -0.835. The Morgan fingerprint density at radius 2 is 2.14 bits per heavy atom. The molecule has 1 aliphatic heterocycles. The van der Waals surface area contributed by atoms with Crippen LogP contribution in [0.2, 0.25) is 0 Å². The van der Waals surface area contributed by atoms with Gasteiger partial charge in [0.1, 0.15) is 6.61 Å². The highest BCUT2D eigenvalue weighted by Crippen LogP contribution is 2.31. The second-order valence-electron chi connectivity index (χ2n) is 6.25. The van der Waals surface area contributed by atoms with Crippen LogP contribution in [0.25, 0.3) is 10.2 Å². The molecule has 3 aromatic rings. The fourth-order valence-corrected chi connectivity index (χ4v) is 4.43. The maximum Gasteiger partial charge on any atom is 0.292 e. The third kappa shape index (κ3) is 3.99. The van der Waals surface area contributed by atoms with E-state index in [0.717, 1.165) is 11.3 Å². The van der Waals surface area contributed by atoms with Gasteiger partial charge in [0.25, 0.3) is 11.6 Å². The maximum atomic E-state index is 12.8. The average Bonchev–Trinajstić information content (AvgIpc) is 3.07. The van der Waals surface area contributed by atoms with Crippen LogP contribution in [0.4, 0.5) is 5.69 Å². The van der Waals surface area contributed by atoms with Crippen LogP contribution in [0.1, 0.15) is 0 Å². The number of carbonyl (C=O) groups is 1. The number of non-ortho nitro benzene ring substituents is 1. The van der Waals surface area contributed by atoms with E-state index < -0.39 is 16.9 Å². The predicted molar refractivity (Wildman–Crippen MR) is 112 cm³/mol. The lowest BCUT2D eigenvalue weighted by molar-refractivity contribution is -0.384. The summed E-state index contributed by atoms with van der Waals surface area (Å²) in [7, 11) is 0. The van der Waals surface area contributed by atoms with Gasteiger partial charge in [0.05, 0.1) is 15.1 Å². The number of thiazole rings is 1. The highest BCUT2D eigenvalue weighted by molar-refractivity contribution is 7.98.